The lowest BCUT2D eigenvalue weighted by molar-refractivity contribution is -0.265. The second-order valence-corrected chi connectivity index (χ2v) is 10.0. The summed E-state index contributed by atoms with van der Waals surface area (Å²) in [6, 6.07) is 10.1. The van der Waals surface area contributed by atoms with Gasteiger partial charge in [0.1, 0.15) is 29.3 Å². The average molecular weight is 572 g/mol. The summed E-state index contributed by atoms with van der Waals surface area (Å²) in [5.41, 5.74) is 0.0884. The molecule has 2 aromatic heterocycles. The lowest BCUT2D eigenvalue weighted by atomic mass is 9.81. The number of nitrogens with two attached hydrogens (primary N) is 1. The summed E-state index contributed by atoms with van der Waals surface area (Å²) in [5.74, 6) is -2.36. The molecule has 0 radical (unpaired) electrons. The Hall–Kier alpha value is -4.52. The number of fused-ring (bicyclic) bond motifs is 2. The van der Waals surface area contributed by atoms with Gasteiger partial charge in [0.05, 0.1) is 17.8 Å². The molecule has 1 aliphatic rings. The van der Waals surface area contributed by atoms with Crippen LogP contribution in [0, 0.1) is 5.82 Å². The molecule has 0 saturated heterocycles. The molecule has 13 heteroatoms. The summed E-state index contributed by atoms with van der Waals surface area (Å²) in [6.45, 7) is 2.27. The van der Waals surface area contributed by atoms with Crippen molar-refractivity contribution in [3.05, 3.63) is 77.4 Å². The number of carbonyl (C=O) groups excluding carboxylic acids is 2. The molecule has 2 atom stereocenters. The van der Waals surface area contributed by atoms with E-state index in [1.807, 2.05) is 6.92 Å². The average Bonchev–Trinajstić information content (AvgIpc) is 3.52. The number of benzene rings is 2. The van der Waals surface area contributed by atoms with Gasteiger partial charge < -0.3 is 20.9 Å². The number of hydrogen-bond acceptors (Lipinski definition) is 6. The van der Waals surface area contributed by atoms with Crippen LogP contribution in [0.4, 0.5) is 17.6 Å². The summed E-state index contributed by atoms with van der Waals surface area (Å²) < 4.78 is 64.6. The van der Waals surface area contributed by atoms with E-state index < -0.39 is 47.1 Å². The first-order valence-electron chi connectivity index (χ1n) is 12.6. The smallest absolute Gasteiger partial charge is 0.424 e. The van der Waals surface area contributed by atoms with E-state index in [2.05, 4.69) is 15.4 Å². The third-order valence-electron chi connectivity index (χ3n) is 7.27. The highest BCUT2D eigenvalue weighted by atomic mass is 19.4. The minimum Gasteiger partial charge on any atom is -0.489 e. The Morgan fingerprint density at radius 2 is 1.88 bits per heavy atom. The largest absolute Gasteiger partial charge is 0.489 e. The first-order chi connectivity index (χ1) is 19.3. The monoisotopic (exact) mass is 571 g/mol. The first-order valence-corrected chi connectivity index (χ1v) is 12.6. The van der Waals surface area contributed by atoms with E-state index in [4.69, 9.17) is 10.5 Å². The minimum absolute atomic E-state index is 0.0175. The number of halogens is 4. The van der Waals surface area contributed by atoms with Crippen LogP contribution in [0.3, 0.4) is 0 Å². The molecule has 0 bridgehead atoms. The highest BCUT2D eigenvalue weighted by Gasteiger charge is 2.57. The van der Waals surface area contributed by atoms with Crippen molar-refractivity contribution < 1.29 is 37.0 Å². The van der Waals surface area contributed by atoms with E-state index in [0.29, 0.717) is 17.4 Å². The molecule has 0 saturated carbocycles. The van der Waals surface area contributed by atoms with Crippen molar-refractivity contribution in [2.45, 2.75) is 37.6 Å². The number of carbonyl (C=O) groups is 2. The van der Waals surface area contributed by atoms with Gasteiger partial charge in [-0.3, -0.25) is 14.3 Å². The zero-order chi connectivity index (χ0) is 29.7. The number of aliphatic hydroxyl groups is 1. The summed E-state index contributed by atoms with van der Waals surface area (Å²) in [5, 5.41) is 18.2. The molecule has 0 aliphatic carbocycles. The predicted octanol–water partition coefficient (Wildman–Crippen LogP) is 3.57. The van der Waals surface area contributed by atoms with Gasteiger partial charge in [-0.2, -0.15) is 18.3 Å². The zero-order valence-corrected chi connectivity index (χ0v) is 21.9. The Kier molecular flexibility index (Phi) is 6.72. The Balaban J connectivity index is 1.57. The van der Waals surface area contributed by atoms with E-state index >= 15 is 0 Å². The maximum absolute atomic E-state index is 14.6. The van der Waals surface area contributed by atoms with Gasteiger partial charge in [-0.15, -0.1) is 0 Å². The number of ether oxygens (including phenoxy) is 1. The molecule has 0 spiro atoms. The van der Waals surface area contributed by atoms with Crippen LogP contribution in [-0.4, -0.2) is 51.0 Å². The molecule has 4 N–H and O–H groups in total. The fourth-order valence-electron chi connectivity index (χ4n) is 4.63. The van der Waals surface area contributed by atoms with Crippen LogP contribution < -0.4 is 15.8 Å². The molecular weight excluding hydrogens is 546 g/mol. The number of alkyl halides is 3. The highest BCUT2D eigenvalue weighted by molar-refractivity contribution is 5.98. The SMILES string of the molecule is CCn1cc2cc(C(=O)NCC(O)(c3cc4c(c(-c5ccc(F)cc5)n3)OC[C@]4(C)C(N)=O)C(F)(F)F)ccc2n1. The lowest BCUT2D eigenvalue weighted by Gasteiger charge is -2.31. The lowest BCUT2D eigenvalue weighted by Crippen LogP contribution is -2.51. The van der Waals surface area contributed by atoms with Gasteiger partial charge in [-0.25, -0.2) is 9.37 Å². The minimum atomic E-state index is -5.32. The van der Waals surface area contributed by atoms with E-state index in [9.17, 15) is 32.3 Å². The maximum Gasteiger partial charge on any atom is 0.424 e. The number of amides is 2. The molecule has 2 aromatic carbocycles. The van der Waals surface area contributed by atoms with Crippen molar-refractivity contribution in [2.75, 3.05) is 13.2 Å². The van der Waals surface area contributed by atoms with Crippen molar-refractivity contribution >= 4 is 22.7 Å². The quantitative estimate of drug-likeness (QED) is 0.291. The Bertz CT molecular complexity index is 1670. The number of aromatic nitrogens is 3. The number of nitrogens with one attached hydrogen (secondary N) is 1. The molecule has 5 rings (SSSR count). The van der Waals surface area contributed by atoms with Crippen LogP contribution >= 0.6 is 0 Å². The van der Waals surface area contributed by atoms with Crippen LogP contribution in [0.2, 0.25) is 0 Å². The molecule has 1 unspecified atom stereocenters. The topological polar surface area (TPSA) is 132 Å². The van der Waals surface area contributed by atoms with Crippen LogP contribution in [-0.2, 0) is 22.4 Å². The molecule has 9 nitrogen and oxygen atoms in total. The number of hydrogen-bond donors (Lipinski definition) is 3. The van der Waals surface area contributed by atoms with Crippen molar-refractivity contribution in [1.29, 1.82) is 0 Å². The molecule has 3 heterocycles. The van der Waals surface area contributed by atoms with Crippen LogP contribution in [0.5, 0.6) is 5.75 Å². The van der Waals surface area contributed by atoms with Crippen LogP contribution in [0.15, 0.2) is 54.7 Å². The Labute approximate surface area is 230 Å². The van der Waals surface area contributed by atoms with E-state index in [1.54, 1.807) is 16.9 Å². The second kappa shape index (κ2) is 9.84. The van der Waals surface area contributed by atoms with Crippen molar-refractivity contribution in [3.63, 3.8) is 0 Å². The van der Waals surface area contributed by atoms with Crippen LogP contribution in [0.1, 0.15) is 35.5 Å². The molecular formula is C28H25F4N5O4. The first kappa shape index (κ1) is 28.0. The van der Waals surface area contributed by atoms with Gasteiger partial charge in [0.2, 0.25) is 11.5 Å². The van der Waals surface area contributed by atoms with Gasteiger partial charge in [0.25, 0.3) is 5.91 Å². The second-order valence-electron chi connectivity index (χ2n) is 10.0. The van der Waals surface area contributed by atoms with Gasteiger partial charge in [-0.1, -0.05) is 0 Å². The summed E-state index contributed by atoms with van der Waals surface area (Å²) >= 11 is 0. The summed E-state index contributed by atoms with van der Waals surface area (Å²) in [4.78, 5) is 29.3. The standard InChI is InChI=1S/C28H25F4N5O4/c1-3-37-12-17-10-16(6-9-20(17)36-37)24(38)34-13-27(40,28(30,31)32)21-11-19-23(41-14-26(19,2)25(33)39)22(35-21)15-4-7-18(29)8-5-15/h4-12,40H,3,13-14H2,1-2H3,(H2,33,39)(H,34,38)/t26-,27?/m0/s1. The highest BCUT2D eigenvalue weighted by Crippen LogP contribution is 2.47. The molecule has 214 valence electrons. The molecule has 1 aliphatic heterocycles. The van der Waals surface area contributed by atoms with E-state index in [-0.39, 0.29) is 34.7 Å². The third kappa shape index (κ3) is 4.75. The van der Waals surface area contributed by atoms with Crippen molar-refractivity contribution in [2.24, 2.45) is 5.73 Å². The maximum atomic E-state index is 14.6. The summed E-state index contributed by atoms with van der Waals surface area (Å²) in [6.07, 6.45) is -3.63. The molecule has 4 aromatic rings. The summed E-state index contributed by atoms with van der Waals surface area (Å²) in [7, 11) is 0. The molecule has 41 heavy (non-hydrogen) atoms. The fraction of sp³-hybridized carbons (Fsp3) is 0.286. The third-order valence-corrected chi connectivity index (χ3v) is 7.27. The van der Waals surface area contributed by atoms with Crippen molar-refractivity contribution in [1.82, 2.24) is 20.1 Å². The zero-order valence-electron chi connectivity index (χ0n) is 21.9. The predicted molar refractivity (Wildman–Crippen MR) is 139 cm³/mol. The van der Waals surface area contributed by atoms with Crippen LogP contribution in [0.25, 0.3) is 22.2 Å². The number of primary amides is 1. The fourth-order valence-corrected chi connectivity index (χ4v) is 4.63. The van der Waals surface area contributed by atoms with Crippen molar-refractivity contribution in [3.8, 4) is 17.0 Å². The number of nitrogens with zero attached hydrogens (tertiary/aromatic N) is 3. The van der Waals surface area contributed by atoms with Gasteiger partial charge in [-0.05, 0) is 62.4 Å². The van der Waals surface area contributed by atoms with Gasteiger partial charge in [0.15, 0.2) is 0 Å². The normalized spacial score (nSPS) is 18.0. The Morgan fingerprint density at radius 1 is 1.17 bits per heavy atom. The molecule has 2 amide bonds. The van der Waals surface area contributed by atoms with Gasteiger partial charge in [0, 0.05) is 34.8 Å². The van der Waals surface area contributed by atoms with E-state index in [1.165, 1.54) is 31.2 Å². The number of pyridine rings is 1. The number of rotatable bonds is 7. The van der Waals surface area contributed by atoms with Gasteiger partial charge >= 0.3 is 6.18 Å². The Morgan fingerprint density at radius 3 is 2.51 bits per heavy atom. The number of aryl methyl sites for hydroxylation is 1. The molecule has 0 fully saturated rings. The van der Waals surface area contributed by atoms with E-state index in [0.717, 1.165) is 18.2 Å².